The Hall–Kier alpha value is -2.41. The predicted octanol–water partition coefficient (Wildman–Crippen LogP) is 2.72. The quantitative estimate of drug-likeness (QED) is 0.380. The number of aliphatic hydroxyl groups is 1. The van der Waals surface area contributed by atoms with E-state index in [-0.39, 0.29) is 12.0 Å². The molecule has 0 bridgehead atoms. The van der Waals surface area contributed by atoms with E-state index in [4.69, 9.17) is 4.99 Å². The maximum absolute atomic E-state index is 9.40. The van der Waals surface area contributed by atoms with Crippen LogP contribution in [-0.4, -0.2) is 45.9 Å². The van der Waals surface area contributed by atoms with E-state index in [9.17, 15) is 5.11 Å². The number of aromatic nitrogens is 3. The van der Waals surface area contributed by atoms with Crippen LogP contribution in [0.25, 0.3) is 11.4 Å². The minimum atomic E-state index is 0.0944. The van der Waals surface area contributed by atoms with Crippen LogP contribution in [0.1, 0.15) is 45.6 Å². The first-order valence-electron chi connectivity index (χ1n) is 9.74. The van der Waals surface area contributed by atoms with E-state index < -0.39 is 0 Å². The second-order valence-corrected chi connectivity index (χ2v) is 6.76. The van der Waals surface area contributed by atoms with Crippen LogP contribution in [0.2, 0.25) is 0 Å². The molecule has 0 atom stereocenters. The molecule has 0 aliphatic carbocycles. The number of aliphatic hydroxyl groups excluding tert-OH is 1. The summed E-state index contributed by atoms with van der Waals surface area (Å²) in [5.41, 5.74) is 2.20. The molecule has 0 saturated carbocycles. The van der Waals surface area contributed by atoms with Gasteiger partial charge in [0.1, 0.15) is 6.33 Å². The number of benzene rings is 1. The van der Waals surface area contributed by atoms with E-state index >= 15 is 0 Å². The van der Waals surface area contributed by atoms with Gasteiger partial charge in [-0.1, -0.05) is 32.0 Å². The maximum Gasteiger partial charge on any atom is 0.191 e. The van der Waals surface area contributed by atoms with Gasteiger partial charge in [-0.2, -0.15) is 5.10 Å². The average Bonchev–Trinajstić information content (AvgIpc) is 3.24. The Labute approximate surface area is 161 Å². The zero-order valence-corrected chi connectivity index (χ0v) is 16.6. The van der Waals surface area contributed by atoms with Crippen molar-refractivity contribution in [3.05, 3.63) is 36.2 Å². The fraction of sp³-hybridized carbons (Fsp3) is 0.550. The highest BCUT2D eigenvalue weighted by atomic mass is 16.3. The van der Waals surface area contributed by atoms with Crippen molar-refractivity contribution in [2.45, 2.75) is 46.6 Å². The lowest BCUT2D eigenvalue weighted by atomic mass is 9.79. The molecule has 0 aliphatic heterocycles. The number of rotatable bonds is 10. The highest BCUT2D eigenvalue weighted by Gasteiger charge is 2.25. The van der Waals surface area contributed by atoms with Crippen LogP contribution in [0.15, 0.2) is 35.6 Å². The van der Waals surface area contributed by atoms with Gasteiger partial charge in [0, 0.05) is 25.3 Å². The SMILES string of the molecule is CCNC(=NCc1cccc(-c2ncn[nH]2)c1)NCC(CC)(CC)CCO. The van der Waals surface area contributed by atoms with Crippen LogP contribution in [-0.2, 0) is 6.54 Å². The third-order valence-electron chi connectivity index (χ3n) is 5.15. The van der Waals surface area contributed by atoms with Gasteiger partial charge in [0.25, 0.3) is 0 Å². The highest BCUT2D eigenvalue weighted by molar-refractivity contribution is 5.79. The zero-order chi connectivity index (χ0) is 19.5. The van der Waals surface area contributed by atoms with Crippen LogP contribution in [0, 0.1) is 5.41 Å². The Morgan fingerprint density at radius 3 is 2.67 bits per heavy atom. The summed E-state index contributed by atoms with van der Waals surface area (Å²) in [5.74, 6) is 1.55. The molecule has 0 aliphatic rings. The van der Waals surface area contributed by atoms with E-state index in [0.29, 0.717) is 6.54 Å². The first-order chi connectivity index (χ1) is 13.2. The maximum atomic E-state index is 9.40. The number of hydrogen-bond donors (Lipinski definition) is 4. The lowest BCUT2D eigenvalue weighted by Crippen LogP contribution is -2.43. The van der Waals surface area contributed by atoms with Crippen molar-refractivity contribution >= 4 is 5.96 Å². The summed E-state index contributed by atoms with van der Waals surface area (Å²) in [7, 11) is 0. The lowest BCUT2D eigenvalue weighted by molar-refractivity contribution is 0.169. The van der Waals surface area contributed by atoms with Crippen molar-refractivity contribution in [2.24, 2.45) is 10.4 Å². The van der Waals surface area contributed by atoms with E-state index in [0.717, 1.165) is 55.3 Å². The van der Waals surface area contributed by atoms with Crippen molar-refractivity contribution in [1.29, 1.82) is 0 Å². The summed E-state index contributed by atoms with van der Waals surface area (Å²) in [5, 5.41) is 23.0. The molecule has 148 valence electrons. The van der Waals surface area contributed by atoms with Crippen LogP contribution < -0.4 is 10.6 Å². The lowest BCUT2D eigenvalue weighted by Gasteiger charge is -2.32. The monoisotopic (exact) mass is 372 g/mol. The number of H-pyrrole nitrogens is 1. The molecule has 0 radical (unpaired) electrons. The second-order valence-electron chi connectivity index (χ2n) is 6.76. The Balaban J connectivity index is 2.06. The topological polar surface area (TPSA) is 98.2 Å². The Morgan fingerprint density at radius 1 is 1.22 bits per heavy atom. The Morgan fingerprint density at radius 2 is 2.04 bits per heavy atom. The highest BCUT2D eigenvalue weighted by Crippen LogP contribution is 2.29. The first kappa shape index (κ1) is 20.9. The van der Waals surface area contributed by atoms with Crippen molar-refractivity contribution in [1.82, 2.24) is 25.8 Å². The summed E-state index contributed by atoms with van der Waals surface area (Å²) in [6.45, 7) is 8.80. The van der Waals surface area contributed by atoms with Crippen LogP contribution >= 0.6 is 0 Å². The number of aliphatic imine (C=N–C) groups is 1. The number of guanidine groups is 1. The minimum Gasteiger partial charge on any atom is -0.396 e. The number of nitrogens with zero attached hydrogens (tertiary/aromatic N) is 3. The van der Waals surface area contributed by atoms with E-state index in [1.807, 2.05) is 12.1 Å². The van der Waals surface area contributed by atoms with Gasteiger partial charge in [0.05, 0.1) is 6.54 Å². The average molecular weight is 373 g/mol. The summed E-state index contributed by atoms with van der Waals surface area (Å²) >= 11 is 0. The molecule has 7 heteroatoms. The zero-order valence-electron chi connectivity index (χ0n) is 16.6. The van der Waals surface area contributed by atoms with E-state index in [1.54, 1.807) is 0 Å². The van der Waals surface area contributed by atoms with Gasteiger partial charge >= 0.3 is 0 Å². The molecule has 0 amide bonds. The van der Waals surface area contributed by atoms with Crippen LogP contribution in [0.5, 0.6) is 0 Å². The normalized spacial score (nSPS) is 12.2. The summed E-state index contributed by atoms with van der Waals surface area (Å²) in [4.78, 5) is 8.92. The molecular weight excluding hydrogens is 340 g/mol. The Kier molecular flexibility index (Phi) is 8.26. The van der Waals surface area contributed by atoms with Crippen LogP contribution in [0.4, 0.5) is 0 Å². The van der Waals surface area contributed by atoms with Crippen molar-refractivity contribution in [2.75, 3.05) is 19.7 Å². The van der Waals surface area contributed by atoms with Crippen molar-refractivity contribution < 1.29 is 5.11 Å². The van der Waals surface area contributed by atoms with Gasteiger partial charge in [0.2, 0.25) is 0 Å². The fourth-order valence-corrected chi connectivity index (χ4v) is 3.12. The van der Waals surface area contributed by atoms with E-state index in [2.05, 4.69) is 58.7 Å². The molecule has 2 rings (SSSR count). The fourth-order valence-electron chi connectivity index (χ4n) is 3.12. The molecule has 1 aromatic carbocycles. The third-order valence-corrected chi connectivity index (χ3v) is 5.15. The second kappa shape index (κ2) is 10.7. The van der Waals surface area contributed by atoms with E-state index in [1.165, 1.54) is 6.33 Å². The summed E-state index contributed by atoms with van der Waals surface area (Å²) < 4.78 is 0. The predicted molar refractivity (Wildman–Crippen MR) is 109 cm³/mol. The van der Waals surface area contributed by atoms with Gasteiger partial charge in [-0.15, -0.1) is 0 Å². The molecule has 1 heterocycles. The van der Waals surface area contributed by atoms with Crippen molar-refractivity contribution in [3.8, 4) is 11.4 Å². The molecule has 7 nitrogen and oxygen atoms in total. The molecule has 0 saturated heterocycles. The molecule has 4 N–H and O–H groups in total. The number of nitrogens with one attached hydrogen (secondary N) is 3. The number of hydrogen-bond acceptors (Lipinski definition) is 4. The van der Waals surface area contributed by atoms with Crippen LogP contribution in [0.3, 0.4) is 0 Å². The first-order valence-corrected chi connectivity index (χ1v) is 9.74. The minimum absolute atomic E-state index is 0.0944. The number of aromatic amines is 1. The smallest absolute Gasteiger partial charge is 0.191 e. The van der Waals surface area contributed by atoms with Gasteiger partial charge in [-0.3, -0.25) is 5.10 Å². The molecule has 0 unspecified atom stereocenters. The van der Waals surface area contributed by atoms with Gasteiger partial charge in [-0.25, -0.2) is 9.98 Å². The molecule has 0 spiro atoms. The molecule has 2 aromatic rings. The van der Waals surface area contributed by atoms with Gasteiger partial charge < -0.3 is 15.7 Å². The molecule has 27 heavy (non-hydrogen) atoms. The van der Waals surface area contributed by atoms with Gasteiger partial charge in [-0.05, 0) is 43.2 Å². The summed E-state index contributed by atoms with van der Waals surface area (Å²) in [6, 6.07) is 8.13. The largest absolute Gasteiger partial charge is 0.396 e. The third kappa shape index (κ3) is 6.06. The standard InChI is InChI=1S/C20H32N6O/c1-4-20(5-2,10-11-27)14-23-19(21-6-3)22-13-16-8-7-9-17(12-16)18-24-15-25-26-18/h7-9,12,15,27H,4-6,10-11,13-14H2,1-3H3,(H2,21,22,23)(H,24,25,26). The Bertz CT molecular complexity index is 694. The molecule has 0 fully saturated rings. The van der Waals surface area contributed by atoms with Crippen molar-refractivity contribution in [3.63, 3.8) is 0 Å². The summed E-state index contributed by atoms with van der Waals surface area (Å²) in [6.07, 6.45) is 4.35. The van der Waals surface area contributed by atoms with Gasteiger partial charge in [0.15, 0.2) is 11.8 Å². The molecule has 1 aromatic heterocycles. The molecular formula is C20H32N6O.